The maximum Gasteiger partial charge on any atom is -0.0297 e. The fourth-order valence-electron chi connectivity index (χ4n) is 3.10. The van der Waals surface area contributed by atoms with Gasteiger partial charge in [-0.05, 0) is 31.1 Å². The third-order valence-corrected chi connectivity index (χ3v) is 3.83. The Kier molecular flexibility index (Phi) is 5.67. The van der Waals surface area contributed by atoms with Crippen molar-refractivity contribution in [2.45, 2.75) is 79.1 Å². The Balaban J connectivity index is 0.000000720. The predicted molar refractivity (Wildman–Crippen MR) is 62.1 cm³/mol. The van der Waals surface area contributed by atoms with Gasteiger partial charge in [-0.2, -0.15) is 0 Å². The molecule has 0 heteroatoms. The Morgan fingerprint density at radius 2 is 0.769 bits per heavy atom. The minimum Gasteiger partial charge on any atom is -0.0776 e. The van der Waals surface area contributed by atoms with Crippen LogP contribution in [0.15, 0.2) is 0 Å². The molecular formula is C13H28. The van der Waals surface area contributed by atoms with Crippen LogP contribution in [0.1, 0.15) is 79.1 Å². The van der Waals surface area contributed by atoms with Crippen molar-refractivity contribution in [2.75, 3.05) is 0 Å². The Hall–Kier alpha value is 0. The monoisotopic (exact) mass is 184 g/mol. The van der Waals surface area contributed by atoms with Gasteiger partial charge in [-0.25, -0.2) is 0 Å². The minimum atomic E-state index is 0. The smallest absolute Gasteiger partial charge is 0.0297 e. The van der Waals surface area contributed by atoms with Crippen molar-refractivity contribution in [3.8, 4) is 0 Å². The third-order valence-electron chi connectivity index (χ3n) is 3.83. The van der Waals surface area contributed by atoms with Crippen LogP contribution >= 0.6 is 0 Å². The van der Waals surface area contributed by atoms with Crippen LogP contribution in [-0.4, -0.2) is 0 Å². The number of rotatable bonds is 0. The molecule has 0 N–H and O–H groups in total. The normalized spacial score (nSPS) is 25.8. The second-order valence-electron chi connectivity index (χ2n) is 4.62. The molecule has 0 aromatic carbocycles. The fraction of sp³-hybridized carbons (Fsp3) is 1.00. The summed E-state index contributed by atoms with van der Waals surface area (Å²) < 4.78 is 0. The lowest BCUT2D eigenvalue weighted by molar-refractivity contribution is 0.124. The summed E-state index contributed by atoms with van der Waals surface area (Å²) in [5.74, 6) is 0. The van der Waals surface area contributed by atoms with E-state index in [9.17, 15) is 0 Å². The van der Waals surface area contributed by atoms with Crippen LogP contribution < -0.4 is 0 Å². The second-order valence-corrected chi connectivity index (χ2v) is 4.62. The van der Waals surface area contributed by atoms with Gasteiger partial charge in [0.05, 0.1) is 0 Å². The largest absolute Gasteiger partial charge is 0.0776 e. The first-order chi connectivity index (χ1) is 5.41. The highest BCUT2D eigenvalue weighted by molar-refractivity contribution is 4.85. The number of hydrogen-bond acceptors (Lipinski definition) is 0. The summed E-state index contributed by atoms with van der Waals surface area (Å²) in [6, 6.07) is 0. The molecule has 0 nitrogen and oxygen atoms in total. The molecule has 0 aliphatic heterocycles. The van der Waals surface area contributed by atoms with E-state index in [2.05, 4.69) is 0 Å². The van der Waals surface area contributed by atoms with Gasteiger partial charge in [0, 0.05) is 0 Å². The van der Waals surface area contributed by atoms with Crippen LogP contribution in [0.3, 0.4) is 0 Å². The zero-order valence-electron chi connectivity index (χ0n) is 7.57. The summed E-state index contributed by atoms with van der Waals surface area (Å²) >= 11 is 0. The van der Waals surface area contributed by atoms with E-state index >= 15 is 0 Å². The molecule has 0 heterocycles. The van der Waals surface area contributed by atoms with E-state index in [4.69, 9.17) is 0 Å². The molecule has 0 atom stereocenters. The first-order valence-corrected chi connectivity index (χ1v) is 5.41. The lowest BCUT2D eigenvalue weighted by atomic mass is 9.65. The summed E-state index contributed by atoms with van der Waals surface area (Å²) in [4.78, 5) is 0. The minimum absolute atomic E-state index is 0. The summed E-state index contributed by atoms with van der Waals surface area (Å²) in [6.07, 6.45) is 15.4. The third kappa shape index (κ3) is 3.00. The van der Waals surface area contributed by atoms with Crippen LogP contribution in [0.2, 0.25) is 0 Å². The molecule has 0 radical (unpaired) electrons. The SMILES string of the molecule is C.C.C1CCC2(CC1)CCCCC2. The molecule has 2 rings (SSSR count). The van der Waals surface area contributed by atoms with Crippen molar-refractivity contribution >= 4 is 0 Å². The Morgan fingerprint density at radius 3 is 1.08 bits per heavy atom. The van der Waals surface area contributed by atoms with Crippen molar-refractivity contribution < 1.29 is 0 Å². The van der Waals surface area contributed by atoms with Gasteiger partial charge >= 0.3 is 0 Å². The molecule has 2 aliphatic rings. The lowest BCUT2D eigenvalue weighted by Crippen LogP contribution is -2.26. The topological polar surface area (TPSA) is 0 Å². The van der Waals surface area contributed by atoms with Gasteiger partial charge in [0.15, 0.2) is 0 Å². The maximum absolute atomic E-state index is 1.56. The summed E-state index contributed by atoms with van der Waals surface area (Å²) in [5.41, 5.74) is 0.858. The van der Waals surface area contributed by atoms with Gasteiger partial charge in [-0.3, -0.25) is 0 Å². The molecule has 2 saturated carbocycles. The predicted octanol–water partition coefficient (Wildman–Crippen LogP) is 5.17. The van der Waals surface area contributed by atoms with E-state index in [0.717, 1.165) is 5.41 Å². The van der Waals surface area contributed by atoms with E-state index in [1.54, 1.807) is 25.7 Å². The lowest BCUT2D eigenvalue weighted by Gasteiger charge is -2.40. The van der Waals surface area contributed by atoms with Crippen molar-refractivity contribution in [3.63, 3.8) is 0 Å². The van der Waals surface area contributed by atoms with Gasteiger partial charge in [0.1, 0.15) is 0 Å². The van der Waals surface area contributed by atoms with Crippen LogP contribution in [-0.2, 0) is 0 Å². The molecule has 0 saturated heterocycles. The number of hydrogen-bond donors (Lipinski definition) is 0. The Bertz CT molecular complexity index is 94.5. The standard InChI is InChI=1S/C11H20.2CH4/c1-3-7-11(8-4-1)9-5-2-6-10-11;;/h1-10H2;2*1H4. The molecule has 80 valence electrons. The molecule has 2 fully saturated rings. The second kappa shape index (κ2) is 5.67. The van der Waals surface area contributed by atoms with Crippen LogP contribution in [0.25, 0.3) is 0 Å². The zero-order chi connectivity index (χ0) is 7.57. The molecule has 0 unspecified atom stereocenters. The molecule has 0 aromatic rings. The van der Waals surface area contributed by atoms with E-state index in [-0.39, 0.29) is 14.9 Å². The molecular weight excluding hydrogens is 156 g/mol. The van der Waals surface area contributed by atoms with E-state index in [1.165, 1.54) is 38.5 Å². The summed E-state index contributed by atoms with van der Waals surface area (Å²) in [5, 5.41) is 0. The van der Waals surface area contributed by atoms with Crippen LogP contribution in [0, 0.1) is 5.41 Å². The molecule has 13 heavy (non-hydrogen) atoms. The van der Waals surface area contributed by atoms with Crippen molar-refractivity contribution in [1.82, 2.24) is 0 Å². The average Bonchev–Trinajstić information content (AvgIpc) is 2.07. The van der Waals surface area contributed by atoms with Crippen LogP contribution in [0.5, 0.6) is 0 Å². The van der Waals surface area contributed by atoms with Crippen molar-refractivity contribution in [2.24, 2.45) is 5.41 Å². The summed E-state index contributed by atoms with van der Waals surface area (Å²) in [7, 11) is 0. The molecule has 0 amide bonds. The molecule has 0 aromatic heterocycles. The van der Waals surface area contributed by atoms with Gasteiger partial charge in [-0.1, -0.05) is 53.4 Å². The van der Waals surface area contributed by atoms with Gasteiger partial charge in [0.2, 0.25) is 0 Å². The van der Waals surface area contributed by atoms with E-state index in [1.807, 2.05) is 0 Å². The molecule has 1 spiro atoms. The first kappa shape index (κ1) is 13.0. The van der Waals surface area contributed by atoms with Crippen LogP contribution in [0.4, 0.5) is 0 Å². The van der Waals surface area contributed by atoms with Gasteiger partial charge in [-0.15, -0.1) is 0 Å². The summed E-state index contributed by atoms with van der Waals surface area (Å²) in [6.45, 7) is 0. The van der Waals surface area contributed by atoms with E-state index in [0.29, 0.717) is 0 Å². The highest BCUT2D eigenvalue weighted by Gasteiger charge is 2.32. The van der Waals surface area contributed by atoms with Crippen molar-refractivity contribution in [3.05, 3.63) is 0 Å². The van der Waals surface area contributed by atoms with Crippen molar-refractivity contribution in [1.29, 1.82) is 0 Å². The zero-order valence-corrected chi connectivity index (χ0v) is 7.57. The highest BCUT2D eigenvalue weighted by Crippen LogP contribution is 2.47. The molecule has 0 bridgehead atoms. The van der Waals surface area contributed by atoms with E-state index < -0.39 is 0 Å². The van der Waals surface area contributed by atoms with Gasteiger partial charge in [0.25, 0.3) is 0 Å². The first-order valence-electron chi connectivity index (χ1n) is 5.41. The maximum atomic E-state index is 1.56. The quantitative estimate of drug-likeness (QED) is 0.487. The fourth-order valence-corrected chi connectivity index (χ4v) is 3.10. The average molecular weight is 184 g/mol. The Morgan fingerprint density at radius 1 is 0.462 bits per heavy atom. The Labute approximate surface area is 85.1 Å². The molecule has 2 aliphatic carbocycles. The highest BCUT2D eigenvalue weighted by atomic mass is 14.4. The van der Waals surface area contributed by atoms with Gasteiger partial charge < -0.3 is 0 Å².